The lowest BCUT2D eigenvalue weighted by Gasteiger charge is -2.14. The summed E-state index contributed by atoms with van der Waals surface area (Å²) in [7, 11) is -4.60. The minimum absolute atomic E-state index is 0.0265. The highest BCUT2D eigenvalue weighted by atomic mass is 35.5. The van der Waals surface area contributed by atoms with Gasteiger partial charge in [0.15, 0.2) is 0 Å². The van der Waals surface area contributed by atoms with E-state index < -0.39 is 25.7 Å². The van der Waals surface area contributed by atoms with Crippen molar-refractivity contribution in [3.8, 4) is 23.0 Å². The molecule has 0 aliphatic rings. The molecule has 0 aliphatic carbocycles. The normalized spacial score (nSPS) is 13.5. The number of benzene rings is 1. The highest BCUT2D eigenvalue weighted by Crippen LogP contribution is 2.39. The summed E-state index contributed by atoms with van der Waals surface area (Å²) in [5.74, 6) is 0.0627. The molecule has 4 rings (SSSR count). The summed E-state index contributed by atoms with van der Waals surface area (Å²) in [5, 5.41) is 4.45. The molecule has 1 aromatic carbocycles. The lowest BCUT2D eigenvalue weighted by Crippen LogP contribution is -2.08. The zero-order valence-corrected chi connectivity index (χ0v) is 21.0. The Kier molecular flexibility index (Phi) is 7.22. The summed E-state index contributed by atoms with van der Waals surface area (Å²) in [5.41, 5.74) is 0.952. The van der Waals surface area contributed by atoms with Gasteiger partial charge in [-0.3, -0.25) is 4.52 Å². The Morgan fingerprint density at radius 3 is 2.56 bits per heavy atom. The Morgan fingerprint density at radius 2 is 1.89 bits per heavy atom. The molecule has 0 amide bonds. The zero-order chi connectivity index (χ0) is 26.4. The topological polar surface area (TPSA) is 123 Å². The summed E-state index contributed by atoms with van der Waals surface area (Å²) in [6.07, 6.45) is -2.34. The highest BCUT2D eigenvalue weighted by Gasteiger charge is 2.32. The van der Waals surface area contributed by atoms with Gasteiger partial charge in [0.1, 0.15) is 11.3 Å². The highest BCUT2D eigenvalue weighted by molar-refractivity contribution is 7.46. The molecular formula is C21H18Cl2F3N4O5P. The number of aromatic nitrogens is 4. The molecule has 3 heterocycles. The molecule has 0 bridgehead atoms. The number of hydrogen-bond donors (Lipinski definition) is 2. The lowest BCUT2D eigenvalue weighted by molar-refractivity contribution is -0.137. The van der Waals surface area contributed by atoms with Gasteiger partial charge >= 0.3 is 14.0 Å². The second-order valence-electron chi connectivity index (χ2n) is 8.06. The Morgan fingerprint density at radius 1 is 1.17 bits per heavy atom. The van der Waals surface area contributed by atoms with Gasteiger partial charge in [-0.1, -0.05) is 28.4 Å². The maximum atomic E-state index is 13.1. The molecule has 3 aromatic heterocycles. The minimum Gasteiger partial charge on any atom is -0.332 e. The van der Waals surface area contributed by atoms with E-state index in [9.17, 15) is 17.7 Å². The van der Waals surface area contributed by atoms with Gasteiger partial charge in [0, 0.05) is 23.0 Å². The van der Waals surface area contributed by atoms with Crippen molar-refractivity contribution in [2.45, 2.75) is 39.0 Å². The van der Waals surface area contributed by atoms with E-state index in [1.54, 1.807) is 6.07 Å². The molecule has 0 aliphatic heterocycles. The van der Waals surface area contributed by atoms with Crippen LogP contribution in [0.3, 0.4) is 0 Å². The smallest absolute Gasteiger partial charge is 0.332 e. The second kappa shape index (κ2) is 9.77. The predicted octanol–water partition coefficient (Wildman–Crippen LogP) is 6.12. The number of alkyl halides is 3. The maximum Gasteiger partial charge on any atom is 0.469 e. The first kappa shape index (κ1) is 26.6. The quantitative estimate of drug-likeness (QED) is 0.257. The molecule has 0 spiro atoms. The van der Waals surface area contributed by atoms with Crippen LogP contribution in [0.2, 0.25) is 10.0 Å². The average molecular weight is 565 g/mol. The van der Waals surface area contributed by atoms with E-state index >= 15 is 0 Å². The van der Waals surface area contributed by atoms with Crippen molar-refractivity contribution < 1.29 is 36.6 Å². The van der Waals surface area contributed by atoms with Crippen molar-refractivity contribution in [2.75, 3.05) is 0 Å². The number of fused-ring (bicyclic) bond motifs is 1. The largest absolute Gasteiger partial charge is 0.469 e. The van der Waals surface area contributed by atoms with Crippen molar-refractivity contribution in [3.05, 3.63) is 57.3 Å². The Hall–Kier alpha value is -2.47. The number of aryl methyl sites for hydroxylation is 2. The molecule has 2 N–H and O–H groups in total. The number of hydrogen-bond acceptors (Lipinski definition) is 6. The fourth-order valence-corrected chi connectivity index (χ4v) is 4.66. The SMILES string of the molecule is Cc1cc(C(F)(F)F)cn2cc(-c3nc(-c4cc(Cl)c(CCC(C)OP(=O)(O)O)cc4Cl)no3)nc12. The molecule has 1 atom stereocenters. The van der Waals surface area contributed by atoms with Crippen LogP contribution in [0.15, 0.2) is 35.1 Å². The van der Waals surface area contributed by atoms with Gasteiger partial charge < -0.3 is 18.7 Å². The van der Waals surface area contributed by atoms with E-state index in [0.717, 1.165) is 12.3 Å². The van der Waals surface area contributed by atoms with Crippen LogP contribution in [-0.2, 0) is 21.7 Å². The van der Waals surface area contributed by atoms with Crippen LogP contribution >= 0.6 is 31.0 Å². The van der Waals surface area contributed by atoms with Crippen LogP contribution in [-0.4, -0.2) is 35.4 Å². The molecule has 0 radical (unpaired) electrons. The van der Waals surface area contributed by atoms with Crippen molar-refractivity contribution in [1.29, 1.82) is 0 Å². The monoisotopic (exact) mass is 564 g/mol. The predicted molar refractivity (Wildman–Crippen MR) is 125 cm³/mol. The molecule has 36 heavy (non-hydrogen) atoms. The van der Waals surface area contributed by atoms with E-state index in [0.29, 0.717) is 33.8 Å². The molecule has 0 saturated heterocycles. The van der Waals surface area contributed by atoms with Crippen molar-refractivity contribution in [1.82, 2.24) is 19.5 Å². The van der Waals surface area contributed by atoms with Crippen LogP contribution in [0.4, 0.5) is 13.2 Å². The fraction of sp³-hybridized carbons (Fsp3) is 0.286. The molecule has 0 fully saturated rings. The first-order chi connectivity index (χ1) is 16.7. The van der Waals surface area contributed by atoms with Crippen LogP contribution in [0, 0.1) is 6.92 Å². The average Bonchev–Trinajstić information content (AvgIpc) is 3.39. The number of imidazole rings is 1. The van der Waals surface area contributed by atoms with Crippen molar-refractivity contribution >= 4 is 36.7 Å². The van der Waals surface area contributed by atoms with Gasteiger partial charge in [-0.25, -0.2) is 9.55 Å². The molecule has 15 heteroatoms. The van der Waals surface area contributed by atoms with E-state index in [1.165, 1.54) is 30.5 Å². The molecule has 192 valence electrons. The molecule has 4 aromatic rings. The number of rotatable bonds is 7. The van der Waals surface area contributed by atoms with Crippen LogP contribution in [0.5, 0.6) is 0 Å². The van der Waals surface area contributed by atoms with Crippen molar-refractivity contribution in [2.24, 2.45) is 0 Å². The summed E-state index contributed by atoms with van der Waals surface area (Å²) < 4.78 is 61.5. The number of halogens is 5. The number of nitrogens with zero attached hydrogens (tertiary/aromatic N) is 4. The lowest BCUT2D eigenvalue weighted by atomic mass is 10.0. The summed E-state index contributed by atoms with van der Waals surface area (Å²) in [6.45, 7) is 3.04. The van der Waals surface area contributed by atoms with E-state index in [-0.39, 0.29) is 28.9 Å². The van der Waals surface area contributed by atoms with E-state index in [1.807, 2.05) is 0 Å². The molecule has 0 saturated carbocycles. The standard InChI is InChI=1S/C21H18Cl2F3N4O5P/c1-10-5-13(21(24,25)26)8-30-9-17(27-19(10)30)20-28-18(29-34-20)14-7-15(22)12(6-16(14)23)4-3-11(2)35-36(31,32)33/h5-9,11H,3-4H2,1-2H3,(H2,31,32,33). The van der Waals surface area contributed by atoms with E-state index in [4.69, 9.17) is 37.5 Å². The first-order valence-electron chi connectivity index (χ1n) is 10.3. The third-order valence-corrected chi connectivity index (χ3v) is 6.52. The van der Waals surface area contributed by atoms with Crippen molar-refractivity contribution in [3.63, 3.8) is 0 Å². The van der Waals surface area contributed by atoms with Gasteiger partial charge in [0.2, 0.25) is 5.82 Å². The number of phosphoric ester groups is 1. The summed E-state index contributed by atoms with van der Waals surface area (Å²) in [4.78, 5) is 26.4. The maximum absolute atomic E-state index is 13.1. The van der Waals surface area contributed by atoms with Gasteiger partial charge in [-0.15, -0.1) is 0 Å². The second-order valence-corrected chi connectivity index (χ2v) is 10.1. The zero-order valence-electron chi connectivity index (χ0n) is 18.6. The summed E-state index contributed by atoms with van der Waals surface area (Å²) in [6, 6.07) is 4.10. The molecule has 1 unspecified atom stereocenters. The Bertz CT molecular complexity index is 1480. The van der Waals surface area contributed by atoms with Crippen LogP contribution in [0.25, 0.3) is 28.6 Å². The van der Waals surface area contributed by atoms with Gasteiger partial charge in [0.05, 0.1) is 16.7 Å². The minimum atomic E-state index is -4.60. The van der Waals surface area contributed by atoms with Crippen LogP contribution < -0.4 is 0 Å². The first-order valence-corrected chi connectivity index (χ1v) is 12.6. The number of pyridine rings is 1. The number of phosphoric acid groups is 1. The molecular weight excluding hydrogens is 547 g/mol. The van der Waals surface area contributed by atoms with Gasteiger partial charge in [-0.05, 0) is 56.0 Å². The Balaban J connectivity index is 1.58. The molecule has 9 nitrogen and oxygen atoms in total. The Labute approximate surface area is 212 Å². The van der Waals surface area contributed by atoms with E-state index in [2.05, 4.69) is 19.6 Å². The third-order valence-electron chi connectivity index (χ3n) is 5.22. The van der Waals surface area contributed by atoms with Gasteiger partial charge in [-0.2, -0.15) is 18.2 Å². The third kappa shape index (κ3) is 5.91. The van der Waals surface area contributed by atoms with Gasteiger partial charge in [0.25, 0.3) is 5.89 Å². The summed E-state index contributed by atoms with van der Waals surface area (Å²) >= 11 is 12.8. The van der Waals surface area contributed by atoms with Crippen LogP contribution in [0.1, 0.15) is 30.0 Å². The fourth-order valence-electron chi connectivity index (χ4n) is 3.56.